The molecule has 37 heavy (non-hydrogen) atoms. The number of likely N-dealkylation sites (tertiary alicyclic amines) is 1. The fourth-order valence-electron chi connectivity index (χ4n) is 6.24. The Kier molecular flexibility index (Phi) is 6.58. The topological polar surface area (TPSA) is 79.6 Å². The molecule has 2 aromatic carbocycles. The van der Waals surface area contributed by atoms with E-state index in [2.05, 4.69) is 21.3 Å². The van der Waals surface area contributed by atoms with Crippen molar-refractivity contribution in [3.05, 3.63) is 59.0 Å². The zero-order chi connectivity index (χ0) is 25.4. The Bertz CT molecular complexity index is 1360. The van der Waals surface area contributed by atoms with Crippen LogP contribution >= 0.6 is 0 Å². The molecule has 3 heterocycles. The molecular weight excluding hydrogens is 471 g/mol. The Balaban J connectivity index is 1.11. The Morgan fingerprint density at radius 3 is 2.81 bits per heavy atom. The lowest BCUT2D eigenvalue weighted by Gasteiger charge is -2.30. The summed E-state index contributed by atoms with van der Waals surface area (Å²) in [6, 6.07) is 12.2. The van der Waals surface area contributed by atoms with Crippen molar-refractivity contribution in [2.24, 2.45) is 5.92 Å². The third-order valence-electron chi connectivity index (χ3n) is 8.04. The van der Waals surface area contributed by atoms with Crippen LogP contribution in [0, 0.1) is 23.1 Å². The average molecular weight is 503 g/mol. The van der Waals surface area contributed by atoms with Crippen molar-refractivity contribution < 1.29 is 18.6 Å². The molecule has 2 fully saturated rings. The van der Waals surface area contributed by atoms with E-state index in [9.17, 15) is 9.65 Å². The minimum absolute atomic E-state index is 0.258. The summed E-state index contributed by atoms with van der Waals surface area (Å²) in [4.78, 5) is 7.04. The molecule has 2 aliphatic heterocycles. The molecule has 1 saturated carbocycles. The van der Waals surface area contributed by atoms with E-state index in [4.69, 9.17) is 14.2 Å². The summed E-state index contributed by atoms with van der Waals surface area (Å²) in [6.07, 6.45) is 5.81. The zero-order valence-electron chi connectivity index (χ0n) is 21.0. The highest BCUT2D eigenvalue weighted by molar-refractivity contribution is 5.85. The average Bonchev–Trinajstić information content (AvgIpc) is 3.22. The molecule has 192 valence electrons. The van der Waals surface area contributed by atoms with Gasteiger partial charge >= 0.3 is 0 Å². The number of hydrogen-bond donors (Lipinski definition) is 1. The number of ether oxygens (including phenoxy) is 3. The van der Waals surface area contributed by atoms with Crippen molar-refractivity contribution in [3.8, 4) is 23.3 Å². The maximum absolute atomic E-state index is 14.6. The first-order chi connectivity index (χ1) is 18.1. The van der Waals surface area contributed by atoms with Gasteiger partial charge in [0, 0.05) is 54.9 Å². The minimum atomic E-state index is -0.258. The van der Waals surface area contributed by atoms with Gasteiger partial charge in [0.1, 0.15) is 30.8 Å². The zero-order valence-corrected chi connectivity index (χ0v) is 21.0. The molecule has 1 N–H and O–H groups in total. The van der Waals surface area contributed by atoms with Crippen LogP contribution in [0.2, 0.25) is 0 Å². The molecule has 1 saturated heterocycles. The number of pyridine rings is 1. The number of rotatable bonds is 7. The van der Waals surface area contributed by atoms with Gasteiger partial charge in [-0.15, -0.1) is 0 Å². The number of benzene rings is 2. The smallest absolute Gasteiger partial charge is 0.164 e. The monoisotopic (exact) mass is 502 g/mol. The lowest BCUT2D eigenvalue weighted by molar-refractivity contribution is 0.170. The highest BCUT2D eigenvalue weighted by atomic mass is 19.1. The third-order valence-corrected chi connectivity index (χ3v) is 8.04. The van der Waals surface area contributed by atoms with E-state index in [1.165, 1.54) is 12.5 Å². The summed E-state index contributed by atoms with van der Waals surface area (Å²) in [5.74, 6) is 2.25. The van der Waals surface area contributed by atoms with Crippen molar-refractivity contribution >= 4 is 10.9 Å². The maximum Gasteiger partial charge on any atom is 0.164 e. The van der Waals surface area contributed by atoms with E-state index in [-0.39, 0.29) is 5.82 Å². The molecule has 7 nitrogen and oxygen atoms in total. The highest BCUT2D eigenvalue weighted by Gasteiger charge is 2.39. The molecule has 3 aromatic rings. The molecule has 1 aromatic heterocycles. The molecular formula is C29H31FN4O3. The second-order valence-electron chi connectivity index (χ2n) is 10.3. The minimum Gasteiger partial charge on any atom is -0.497 e. The molecule has 3 aliphatic rings. The largest absolute Gasteiger partial charge is 0.497 e. The Hall–Kier alpha value is -3.41. The number of nitrogens with one attached hydrogen (secondary N) is 1. The number of hydrogen-bond acceptors (Lipinski definition) is 7. The van der Waals surface area contributed by atoms with Crippen LogP contribution in [0.15, 0.2) is 36.5 Å². The van der Waals surface area contributed by atoms with Crippen LogP contribution in [-0.4, -0.2) is 55.4 Å². The second-order valence-corrected chi connectivity index (χ2v) is 10.3. The molecule has 8 heteroatoms. The third kappa shape index (κ3) is 4.81. The Morgan fingerprint density at radius 2 is 2.00 bits per heavy atom. The molecule has 6 rings (SSSR count). The van der Waals surface area contributed by atoms with Gasteiger partial charge in [-0.2, -0.15) is 5.26 Å². The predicted octanol–water partition coefficient (Wildman–Crippen LogP) is 4.21. The van der Waals surface area contributed by atoms with Gasteiger partial charge < -0.3 is 19.5 Å². The molecule has 0 spiro atoms. The summed E-state index contributed by atoms with van der Waals surface area (Å²) in [6.45, 7) is 3.38. The second kappa shape index (κ2) is 10.2. The van der Waals surface area contributed by atoms with Crippen LogP contribution in [0.3, 0.4) is 0 Å². The first-order valence-electron chi connectivity index (χ1n) is 13.0. The van der Waals surface area contributed by atoms with E-state index in [0.717, 1.165) is 54.6 Å². The lowest BCUT2D eigenvalue weighted by Crippen LogP contribution is -2.39. The standard InChI is InChI=1S/C29H31FN4O3/c1-35-23-2-3-27-25(12-23)24(20(14-31)16-33-27)4-5-34-17-18-8-21(11-22(34)9-18)32-15-19-10-28-29(13-26(19)30)37-7-6-36-28/h2-3,10,12-13,16,18,21-22,32H,4-9,11,15,17H2,1H3. The van der Waals surface area contributed by atoms with E-state index in [1.807, 2.05) is 18.2 Å². The van der Waals surface area contributed by atoms with Gasteiger partial charge in [-0.05, 0) is 61.4 Å². The van der Waals surface area contributed by atoms with Crippen molar-refractivity contribution in [3.63, 3.8) is 0 Å². The van der Waals surface area contributed by atoms with Crippen LogP contribution in [0.5, 0.6) is 17.2 Å². The van der Waals surface area contributed by atoms with E-state index in [0.29, 0.717) is 60.4 Å². The van der Waals surface area contributed by atoms with Gasteiger partial charge in [0.05, 0.1) is 18.2 Å². The first kappa shape index (κ1) is 24.0. The van der Waals surface area contributed by atoms with E-state index >= 15 is 0 Å². The van der Waals surface area contributed by atoms with Gasteiger partial charge in [-0.3, -0.25) is 9.88 Å². The number of aromatic nitrogens is 1. The number of fused-ring (bicyclic) bond motifs is 4. The van der Waals surface area contributed by atoms with Crippen molar-refractivity contribution in [1.82, 2.24) is 15.2 Å². The normalized spacial score (nSPS) is 22.7. The summed E-state index contributed by atoms with van der Waals surface area (Å²) >= 11 is 0. The lowest BCUT2D eigenvalue weighted by atomic mass is 9.86. The first-order valence-corrected chi connectivity index (χ1v) is 13.0. The van der Waals surface area contributed by atoms with E-state index in [1.54, 1.807) is 19.4 Å². The van der Waals surface area contributed by atoms with Crippen LogP contribution in [-0.2, 0) is 13.0 Å². The quantitative estimate of drug-likeness (QED) is 0.519. The molecule has 0 radical (unpaired) electrons. The van der Waals surface area contributed by atoms with Gasteiger partial charge in [0.15, 0.2) is 11.5 Å². The molecule has 0 amide bonds. The van der Waals surface area contributed by atoms with Gasteiger partial charge in [0.25, 0.3) is 0 Å². The van der Waals surface area contributed by atoms with Gasteiger partial charge in [-0.25, -0.2) is 4.39 Å². The fraction of sp³-hybridized carbons (Fsp3) is 0.448. The molecule has 1 aliphatic carbocycles. The summed E-state index contributed by atoms with van der Waals surface area (Å²) < 4.78 is 31.2. The maximum atomic E-state index is 14.6. The highest BCUT2D eigenvalue weighted by Crippen LogP contribution is 2.37. The van der Waals surface area contributed by atoms with Gasteiger partial charge in [0.2, 0.25) is 0 Å². The summed E-state index contributed by atoms with van der Waals surface area (Å²) in [5, 5.41) is 14.3. The number of nitrogens with zero attached hydrogens (tertiary/aromatic N) is 3. The predicted molar refractivity (Wildman–Crippen MR) is 137 cm³/mol. The number of nitriles is 1. The number of halogens is 1. The van der Waals surface area contributed by atoms with Crippen LogP contribution in [0.25, 0.3) is 10.9 Å². The van der Waals surface area contributed by atoms with E-state index < -0.39 is 0 Å². The SMILES string of the molecule is COc1ccc2ncc(C#N)c(CCN3CC4CC(NCc5cc6c(cc5F)OCCO6)CC3C4)c2c1. The van der Waals surface area contributed by atoms with Gasteiger partial charge in [-0.1, -0.05) is 0 Å². The number of methoxy groups -OCH3 is 1. The van der Waals surface area contributed by atoms with Crippen molar-refractivity contribution in [2.45, 2.75) is 44.3 Å². The molecule has 2 bridgehead atoms. The summed E-state index contributed by atoms with van der Waals surface area (Å²) in [7, 11) is 1.65. The molecule has 3 atom stereocenters. The van der Waals surface area contributed by atoms with Crippen LogP contribution < -0.4 is 19.5 Å². The van der Waals surface area contributed by atoms with Crippen molar-refractivity contribution in [2.75, 3.05) is 33.4 Å². The van der Waals surface area contributed by atoms with Crippen molar-refractivity contribution in [1.29, 1.82) is 5.26 Å². The van der Waals surface area contributed by atoms with Crippen LogP contribution in [0.4, 0.5) is 4.39 Å². The Labute approximate surface area is 216 Å². The fourth-order valence-corrected chi connectivity index (χ4v) is 6.24. The molecule has 3 unspecified atom stereocenters. The van der Waals surface area contributed by atoms with Crippen LogP contribution in [0.1, 0.15) is 36.0 Å². The Morgan fingerprint density at radius 1 is 1.16 bits per heavy atom. The summed E-state index contributed by atoms with van der Waals surface area (Å²) in [5.41, 5.74) is 3.16.